The SMILES string of the molecule is Cc1c(C(=O)N2CCCCC2C(C)N)nnn1-c1cccc(Br)c1. The number of nitrogens with zero attached hydrogens (tertiary/aromatic N) is 4. The second-order valence-electron chi connectivity index (χ2n) is 6.34. The van der Waals surface area contributed by atoms with E-state index in [9.17, 15) is 4.79 Å². The Balaban J connectivity index is 1.91. The fourth-order valence-corrected chi connectivity index (χ4v) is 3.66. The van der Waals surface area contributed by atoms with Crippen LogP contribution >= 0.6 is 15.9 Å². The molecule has 1 aromatic carbocycles. The highest BCUT2D eigenvalue weighted by Crippen LogP contribution is 2.23. The average Bonchev–Trinajstić information content (AvgIpc) is 2.95. The van der Waals surface area contributed by atoms with Crippen molar-refractivity contribution in [2.75, 3.05) is 6.54 Å². The number of nitrogens with two attached hydrogens (primary N) is 1. The first-order valence-electron chi connectivity index (χ1n) is 8.24. The molecule has 1 aliphatic heterocycles. The summed E-state index contributed by atoms with van der Waals surface area (Å²) in [6.07, 6.45) is 3.07. The normalized spacial score (nSPS) is 19.3. The standard InChI is InChI=1S/C17H22BrN5O/c1-11(19)15-8-3-4-9-22(15)17(24)16-12(2)23(21-20-16)14-7-5-6-13(18)10-14/h5-7,10-11,15H,3-4,8-9,19H2,1-2H3. The van der Waals surface area contributed by atoms with Gasteiger partial charge in [0.1, 0.15) is 0 Å². The maximum Gasteiger partial charge on any atom is 0.276 e. The van der Waals surface area contributed by atoms with E-state index in [0.29, 0.717) is 5.69 Å². The molecule has 3 rings (SSSR count). The third-order valence-corrected chi connectivity index (χ3v) is 5.06. The molecule has 24 heavy (non-hydrogen) atoms. The number of hydrogen-bond acceptors (Lipinski definition) is 4. The minimum Gasteiger partial charge on any atom is -0.333 e. The zero-order chi connectivity index (χ0) is 17.3. The number of aromatic nitrogens is 3. The number of hydrogen-bond donors (Lipinski definition) is 1. The van der Waals surface area contributed by atoms with Crippen molar-refractivity contribution in [3.8, 4) is 5.69 Å². The summed E-state index contributed by atoms with van der Waals surface area (Å²) in [5.74, 6) is -0.0734. The molecule has 1 fully saturated rings. The van der Waals surface area contributed by atoms with E-state index in [1.807, 2.05) is 43.0 Å². The molecular weight excluding hydrogens is 370 g/mol. The van der Waals surface area contributed by atoms with Gasteiger partial charge in [-0.05, 0) is 51.3 Å². The molecule has 1 saturated heterocycles. The lowest BCUT2D eigenvalue weighted by molar-refractivity contribution is 0.0577. The lowest BCUT2D eigenvalue weighted by atomic mass is 9.96. The molecule has 1 aliphatic rings. The number of amides is 1. The minimum absolute atomic E-state index is 0.0466. The number of carbonyl (C=O) groups is 1. The molecule has 1 amide bonds. The van der Waals surface area contributed by atoms with E-state index in [1.165, 1.54) is 0 Å². The van der Waals surface area contributed by atoms with Gasteiger partial charge in [-0.15, -0.1) is 5.10 Å². The van der Waals surface area contributed by atoms with Gasteiger partial charge in [0.2, 0.25) is 0 Å². The molecule has 0 radical (unpaired) electrons. The lowest BCUT2D eigenvalue weighted by Gasteiger charge is -2.37. The Labute approximate surface area is 150 Å². The van der Waals surface area contributed by atoms with Crippen molar-refractivity contribution in [3.05, 3.63) is 40.1 Å². The Morgan fingerprint density at radius 3 is 2.92 bits per heavy atom. The predicted molar refractivity (Wildman–Crippen MR) is 96.1 cm³/mol. The van der Waals surface area contributed by atoms with Crippen molar-refractivity contribution in [2.24, 2.45) is 5.73 Å². The van der Waals surface area contributed by atoms with Crippen molar-refractivity contribution in [1.29, 1.82) is 0 Å². The number of benzene rings is 1. The van der Waals surface area contributed by atoms with E-state index in [2.05, 4.69) is 26.2 Å². The van der Waals surface area contributed by atoms with Crippen LogP contribution in [0.25, 0.3) is 5.69 Å². The maximum atomic E-state index is 13.0. The second kappa shape index (κ2) is 7.03. The summed E-state index contributed by atoms with van der Waals surface area (Å²) < 4.78 is 2.65. The topological polar surface area (TPSA) is 77.0 Å². The van der Waals surface area contributed by atoms with Gasteiger partial charge in [-0.2, -0.15) is 0 Å². The molecule has 0 bridgehead atoms. The highest BCUT2D eigenvalue weighted by molar-refractivity contribution is 9.10. The van der Waals surface area contributed by atoms with Gasteiger partial charge >= 0.3 is 0 Å². The van der Waals surface area contributed by atoms with Crippen LogP contribution in [0.1, 0.15) is 42.4 Å². The molecule has 1 aromatic heterocycles. The minimum atomic E-state index is -0.0734. The van der Waals surface area contributed by atoms with E-state index >= 15 is 0 Å². The third-order valence-electron chi connectivity index (χ3n) is 4.57. The monoisotopic (exact) mass is 391 g/mol. The van der Waals surface area contributed by atoms with Crippen LogP contribution in [-0.2, 0) is 0 Å². The molecule has 7 heteroatoms. The second-order valence-corrected chi connectivity index (χ2v) is 7.25. The summed E-state index contributed by atoms with van der Waals surface area (Å²) in [6, 6.07) is 7.78. The van der Waals surface area contributed by atoms with E-state index in [4.69, 9.17) is 5.73 Å². The highest BCUT2D eigenvalue weighted by atomic mass is 79.9. The van der Waals surface area contributed by atoms with Crippen LogP contribution in [0.3, 0.4) is 0 Å². The Kier molecular flexibility index (Phi) is 5.01. The zero-order valence-corrected chi connectivity index (χ0v) is 15.5. The zero-order valence-electron chi connectivity index (χ0n) is 13.9. The largest absolute Gasteiger partial charge is 0.333 e. The fourth-order valence-electron chi connectivity index (χ4n) is 3.27. The molecule has 0 saturated carbocycles. The Bertz CT molecular complexity index is 742. The van der Waals surface area contributed by atoms with Crippen molar-refractivity contribution < 1.29 is 4.79 Å². The number of likely N-dealkylation sites (tertiary alicyclic amines) is 1. The van der Waals surface area contributed by atoms with E-state index in [0.717, 1.165) is 41.7 Å². The van der Waals surface area contributed by atoms with Crippen LogP contribution in [0.15, 0.2) is 28.7 Å². The molecule has 6 nitrogen and oxygen atoms in total. The summed E-state index contributed by atoms with van der Waals surface area (Å²) in [5.41, 5.74) is 8.10. The summed E-state index contributed by atoms with van der Waals surface area (Å²) in [7, 11) is 0. The summed E-state index contributed by atoms with van der Waals surface area (Å²) in [4.78, 5) is 14.9. The van der Waals surface area contributed by atoms with Gasteiger partial charge in [-0.3, -0.25) is 4.79 Å². The number of piperidine rings is 1. The highest BCUT2D eigenvalue weighted by Gasteiger charge is 2.32. The van der Waals surface area contributed by atoms with Crippen molar-refractivity contribution in [2.45, 2.75) is 45.2 Å². The smallest absolute Gasteiger partial charge is 0.276 e. The lowest BCUT2D eigenvalue weighted by Crippen LogP contribution is -2.51. The fraction of sp³-hybridized carbons (Fsp3) is 0.471. The molecule has 2 unspecified atom stereocenters. The summed E-state index contributed by atoms with van der Waals surface area (Å²) in [5, 5.41) is 8.34. The maximum absolute atomic E-state index is 13.0. The molecule has 0 aliphatic carbocycles. The molecule has 0 spiro atoms. The van der Waals surface area contributed by atoms with Crippen LogP contribution < -0.4 is 5.73 Å². The predicted octanol–water partition coefficient (Wildman–Crippen LogP) is 2.68. The van der Waals surface area contributed by atoms with Crippen LogP contribution in [0.5, 0.6) is 0 Å². The van der Waals surface area contributed by atoms with Crippen molar-refractivity contribution in [1.82, 2.24) is 19.9 Å². The van der Waals surface area contributed by atoms with Gasteiger partial charge in [0, 0.05) is 23.1 Å². The van der Waals surface area contributed by atoms with E-state index in [1.54, 1.807) is 4.68 Å². The van der Waals surface area contributed by atoms with Crippen molar-refractivity contribution >= 4 is 21.8 Å². The molecule has 2 N–H and O–H groups in total. The van der Waals surface area contributed by atoms with Crippen LogP contribution in [0.4, 0.5) is 0 Å². The van der Waals surface area contributed by atoms with E-state index < -0.39 is 0 Å². The first-order valence-corrected chi connectivity index (χ1v) is 9.03. The Morgan fingerprint density at radius 1 is 1.42 bits per heavy atom. The van der Waals surface area contributed by atoms with Gasteiger partial charge in [-0.25, -0.2) is 4.68 Å². The molecule has 2 atom stereocenters. The van der Waals surface area contributed by atoms with Crippen LogP contribution in [0.2, 0.25) is 0 Å². The first kappa shape index (κ1) is 17.1. The molecule has 2 heterocycles. The molecular formula is C17H22BrN5O. The summed E-state index contributed by atoms with van der Waals surface area (Å²) in [6.45, 7) is 4.56. The van der Waals surface area contributed by atoms with Gasteiger partial charge in [0.05, 0.1) is 11.4 Å². The van der Waals surface area contributed by atoms with Gasteiger partial charge in [0.15, 0.2) is 5.69 Å². The first-order chi connectivity index (χ1) is 11.5. The van der Waals surface area contributed by atoms with E-state index in [-0.39, 0.29) is 18.0 Å². The summed E-state index contributed by atoms with van der Waals surface area (Å²) >= 11 is 3.46. The number of carbonyl (C=O) groups excluding carboxylic acids is 1. The molecule has 128 valence electrons. The molecule has 2 aromatic rings. The number of rotatable bonds is 3. The Hall–Kier alpha value is -1.73. The quantitative estimate of drug-likeness (QED) is 0.872. The average molecular weight is 392 g/mol. The van der Waals surface area contributed by atoms with Gasteiger partial charge in [-0.1, -0.05) is 27.2 Å². The Morgan fingerprint density at radius 2 is 2.21 bits per heavy atom. The van der Waals surface area contributed by atoms with Crippen LogP contribution in [0, 0.1) is 6.92 Å². The number of halogens is 1. The van der Waals surface area contributed by atoms with Crippen molar-refractivity contribution in [3.63, 3.8) is 0 Å². The third kappa shape index (κ3) is 3.23. The van der Waals surface area contributed by atoms with Gasteiger partial charge in [0.25, 0.3) is 5.91 Å². The van der Waals surface area contributed by atoms with Gasteiger partial charge < -0.3 is 10.6 Å². The van der Waals surface area contributed by atoms with Crippen LogP contribution in [-0.4, -0.2) is 44.4 Å².